The fourth-order valence-electron chi connectivity index (χ4n) is 2.87. The second-order valence-electron chi connectivity index (χ2n) is 5.57. The van der Waals surface area contributed by atoms with E-state index < -0.39 is 0 Å². The van der Waals surface area contributed by atoms with Gasteiger partial charge in [-0.25, -0.2) is 0 Å². The molecular formula is C15H19N5OS. The maximum Gasteiger partial charge on any atom is 0.239 e. The Kier molecular flexibility index (Phi) is 4.83. The first-order chi connectivity index (χ1) is 10.5. The molecule has 1 aromatic rings. The highest BCUT2D eigenvalue weighted by Gasteiger charge is 2.47. The molecule has 0 aromatic heterocycles. The fraction of sp³-hybridized carbons (Fsp3) is 0.400. The van der Waals surface area contributed by atoms with Gasteiger partial charge < -0.3 is 11.1 Å². The maximum absolute atomic E-state index is 12.1. The maximum atomic E-state index is 12.1. The zero-order chi connectivity index (χ0) is 16.2. The van der Waals surface area contributed by atoms with E-state index in [2.05, 4.69) is 22.2 Å². The number of hydrogen-bond donors (Lipinski definition) is 4. The molecule has 0 radical (unpaired) electrons. The smallest absolute Gasteiger partial charge is 0.239 e. The van der Waals surface area contributed by atoms with Crippen LogP contribution in [0.1, 0.15) is 24.8 Å². The van der Waals surface area contributed by atoms with Gasteiger partial charge in [0.05, 0.1) is 6.07 Å². The van der Waals surface area contributed by atoms with Gasteiger partial charge in [0.2, 0.25) is 5.91 Å². The molecule has 22 heavy (non-hydrogen) atoms. The van der Waals surface area contributed by atoms with Crippen LogP contribution in [-0.4, -0.2) is 18.1 Å². The summed E-state index contributed by atoms with van der Waals surface area (Å²) < 4.78 is 0. The Labute approximate surface area is 135 Å². The van der Waals surface area contributed by atoms with Gasteiger partial charge in [-0.3, -0.25) is 15.6 Å². The molecule has 1 aromatic carbocycles. The van der Waals surface area contributed by atoms with Gasteiger partial charge in [0.25, 0.3) is 0 Å². The Bertz CT molecular complexity index is 619. The number of benzene rings is 1. The minimum Gasteiger partial charge on any atom is -0.399 e. The topological polar surface area (TPSA) is 103 Å². The zero-order valence-corrected chi connectivity index (χ0v) is 13.2. The van der Waals surface area contributed by atoms with Crippen molar-refractivity contribution >= 4 is 28.9 Å². The van der Waals surface area contributed by atoms with Crippen LogP contribution in [0.4, 0.5) is 5.69 Å². The summed E-state index contributed by atoms with van der Waals surface area (Å²) in [6.45, 7) is 0. The minimum absolute atomic E-state index is 0.0134. The number of nitrogens with two attached hydrogens (primary N) is 1. The van der Waals surface area contributed by atoms with Crippen molar-refractivity contribution in [2.45, 2.75) is 24.7 Å². The molecule has 1 saturated carbocycles. The zero-order valence-electron chi connectivity index (χ0n) is 12.3. The Balaban J connectivity index is 2.09. The number of hydrogen-bond acceptors (Lipinski definition) is 4. The number of nitriles is 1. The first kappa shape index (κ1) is 16.0. The number of carbonyl (C=O) groups excluding carboxylic acids is 1. The van der Waals surface area contributed by atoms with Crippen molar-refractivity contribution in [3.63, 3.8) is 0 Å². The molecule has 1 aliphatic carbocycles. The van der Waals surface area contributed by atoms with Gasteiger partial charge in [0.1, 0.15) is 0 Å². The third-order valence-electron chi connectivity index (χ3n) is 4.00. The number of rotatable bonds is 3. The molecule has 1 aliphatic rings. The Morgan fingerprint density at radius 3 is 2.82 bits per heavy atom. The van der Waals surface area contributed by atoms with E-state index in [1.807, 2.05) is 24.3 Å². The van der Waals surface area contributed by atoms with Crippen LogP contribution in [0.5, 0.6) is 0 Å². The molecule has 7 heteroatoms. The SMILES string of the molecule is CNC(=S)NNC(=O)CC1(c2cccc(N)c2)CC(C#N)C1. The molecule has 0 aliphatic heterocycles. The van der Waals surface area contributed by atoms with Crippen LogP contribution >= 0.6 is 12.2 Å². The summed E-state index contributed by atoms with van der Waals surface area (Å²) in [5.41, 5.74) is 12.4. The lowest BCUT2D eigenvalue weighted by atomic mass is 9.57. The van der Waals surface area contributed by atoms with E-state index >= 15 is 0 Å². The molecule has 0 spiro atoms. The molecule has 0 heterocycles. The van der Waals surface area contributed by atoms with Crippen molar-refractivity contribution in [1.82, 2.24) is 16.2 Å². The van der Waals surface area contributed by atoms with E-state index in [1.165, 1.54) is 0 Å². The van der Waals surface area contributed by atoms with E-state index in [9.17, 15) is 4.79 Å². The third-order valence-corrected chi connectivity index (χ3v) is 4.30. The molecule has 1 fully saturated rings. The molecule has 5 N–H and O–H groups in total. The summed E-state index contributed by atoms with van der Waals surface area (Å²) >= 11 is 4.91. The first-order valence-corrected chi connectivity index (χ1v) is 7.42. The summed E-state index contributed by atoms with van der Waals surface area (Å²) in [4.78, 5) is 12.1. The predicted molar refractivity (Wildman–Crippen MR) is 88.4 cm³/mol. The largest absolute Gasteiger partial charge is 0.399 e. The molecule has 116 valence electrons. The lowest BCUT2D eigenvalue weighted by Gasteiger charge is -2.45. The lowest BCUT2D eigenvalue weighted by molar-refractivity contribution is -0.124. The molecule has 0 bridgehead atoms. The van der Waals surface area contributed by atoms with E-state index in [0.29, 0.717) is 23.6 Å². The minimum atomic E-state index is -0.331. The van der Waals surface area contributed by atoms with E-state index in [4.69, 9.17) is 23.2 Å². The van der Waals surface area contributed by atoms with Crippen LogP contribution < -0.4 is 21.9 Å². The van der Waals surface area contributed by atoms with Gasteiger partial charge in [0, 0.05) is 30.5 Å². The molecular weight excluding hydrogens is 298 g/mol. The molecule has 1 amide bonds. The number of nitrogens with one attached hydrogen (secondary N) is 3. The van der Waals surface area contributed by atoms with Crippen molar-refractivity contribution < 1.29 is 4.79 Å². The van der Waals surface area contributed by atoms with E-state index in [0.717, 1.165) is 5.56 Å². The lowest BCUT2D eigenvalue weighted by Crippen LogP contribution is -2.50. The van der Waals surface area contributed by atoms with Crippen molar-refractivity contribution in [3.05, 3.63) is 29.8 Å². The quantitative estimate of drug-likeness (QED) is 0.376. The van der Waals surface area contributed by atoms with Crippen LogP contribution in [0.2, 0.25) is 0 Å². The summed E-state index contributed by atoms with van der Waals surface area (Å²) in [6, 6.07) is 9.79. The monoisotopic (exact) mass is 317 g/mol. The Hall–Kier alpha value is -2.33. The van der Waals surface area contributed by atoms with Crippen LogP contribution in [0.3, 0.4) is 0 Å². The Morgan fingerprint density at radius 1 is 1.50 bits per heavy atom. The van der Waals surface area contributed by atoms with Crippen LogP contribution in [-0.2, 0) is 10.2 Å². The standard InChI is InChI=1S/C15H19N5OS/c1-18-14(22)20-19-13(21)8-15(6-10(7-15)9-16)11-3-2-4-12(17)5-11/h2-5,10H,6-8,17H2,1H3,(H,19,21)(H2,18,20,22). The van der Waals surface area contributed by atoms with E-state index in [-0.39, 0.29) is 23.7 Å². The third kappa shape index (κ3) is 3.46. The normalized spacial score (nSPS) is 22.8. The number of nitrogen functional groups attached to an aromatic ring is 1. The number of amides is 1. The van der Waals surface area contributed by atoms with Crippen molar-refractivity contribution in [1.29, 1.82) is 5.26 Å². The number of hydrazine groups is 1. The number of nitrogens with zero attached hydrogens (tertiary/aromatic N) is 1. The molecule has 2 rings (SSSR count). The van der Waals surface area contributed by atoms with Crippen LogP contribution in [0.15, 0.2) is 24.3 Å². The van der Waals surface area contributed by atoms with Crippen molar-refractivity contribution in [2.24, 2.45) is 5.92 Å². The molecule has 0 saturated heterocycles. The highest BCUT2D eigenvalue weighted by molar-refractivity contribution is 7.80. The Morgan fingerprint density at radius 2 is 2.23 bits per heavy atom. The van der Waals surface area contributed by atoms with Gasteiger partial charge in [-0.2, -0.15) is 5.26 Å². The first-order valence-electron chi connectivity index (χ1n) is 7.01. The van der Waals surface area contributed by atoms with Crippen molar-refractivity contribution in [2.75, 3.05) is 12.8 Å². The second kappa shape index (κ2) is 6.62. The molecule has 6 nitrogen and oxygen atoms in total. The van der Waals surface area contributed by atoms with Gasteiger partial charge >= 0.3 is 0 Å². The summed E-state index contributed by atoms with van der Waals surface area (Å²) in [6.07, 6.45) is 1.61. The summed E-state index contributed by atoms with van der Waals surface area (Å²) in [5, 5.41) is 12.1. The van der Waals surface area contributed by atoms with Crippen molar-refractivity contribution in [3.8, 4) is 6.07 Å². The van der Waals surface area contributed by atoms with Crippen LogP contribution in [0.25, 0.3) is 0 Å². The predicted octanol–water partition coefficient (Wildman–Crippen LogP) is 0.955. The number of anilines is 1. The summed E-state index contributed by atoms with van der Waals surface area (Å²) in [7, 11) is 1.67. The average Bonchev–Trinajstić information content (AvgIpc) is 2.47. The van der Waals surface area contributed by atoms with Gasteiger partial charge in [0.15, 0.2) is 5.11 Å². The molecule has 0 atom stereocenters. The average molecular weight is 317 g/mol. The highest BCUT2D eigenvalue weighted by Crippen LogP contribution is 2.50. The second-order valence-corrected chi connectivity index (χ2v) is 5.98. The number of thiocarbonyl (C=S) groups is 1. The number of carbonyl (C=O) groups is 1. The van der Waals surface area contributed by atoms with Gasteiger partial charge in [-0.1, -0.05) is 12.1 Å². The highest BCUT2D eigenvalue weighted by atomic mass is 32.1. The van der Waals surface area contributed by atoms with Gasteiger partial charge in [-0.15, -0.1) is 0 Å². The van der Waals surface area contributed by atoms with Gasteiger partial charge in [-0.05, 0) is 42.8 Å². The molecule has 0 unspecified atom stereocenters. The summed E-state index contributed by atoms with van der Waals surface area (Å²) in [5.74, 6) is -0.183. The van der Waals surface area contributed by atoms with Crippen LogP contribution in [0, 0.1) is 17.2 Å². The van der Waals surface area contributed by atoms with E-state index in [1.54, 1.807) is 7.05 Å². The fourth-order valence-corrected chi connectivity index (χ4v) is 2.92.